The maximum absolute atomic E-state index is 12.0. The van der Waals surface area contributed by atoms with Crippen LogP contribution in [0.5, 0.6) is 0 Å². The summed E-state index contributed by atoms with van der Waals surface area (Å²) in [6, 6.07) is 2.15. The monoisotopic (exact) mass is 249 g/mol. The quantitative estimate of drug-likeness (QED) is 0.532. The van der Waals surface area contributed by atoms with Gasteiger partial charge >= 0.3 is 5.97 Å². The first kappa shape index (κ1) is 16.4. The van der Waals surface area contributed by atoms with Gasteiger partial charge in [0, 0.05) is 0 Å². The summed E-state index contributed by atoms with van der Waals surface area (Å²) in [4.78, 5) is 12.0. The molecule has 0 saturated carbocycles. The molecule has 0 atom stereocenters. The van der Waals surface area contributed by atoms with E-state index >= 15 is 0 Å². The van der Waals surface area contributed by atoms with Gasteiger partial charge in [-0.2, -0.15) is 5.26 Å². The number of rotatable bonds is 6. The zero-order valence-corrected chi connectivity index (χ0v) is 12.0. The van der Waals surface area contributed by atoms with Gasteiger partial charge in [0.15, 0.2) is 5.41 Å². The van der Waals surface area contributed by atoms with Crippen LogP contribution in [0.4, 0.5) is 0 Å². The van der Waals surface area contributed by atoms with Crippen molar-refractivity contribution in [1.82, 2.24) is 0 Å². The third-order valence-corrected chi connectivity index (χ3v) is 2.60. The van der Waals surface area contributed by atoms with Gasteiger partial charge in [0.1, 0.15) is 0 Å². The molecular weight excluding hydrogens is 226 g/mol. The Labute approximate surface area is 110 Å². The van der Waals surface area contributed by atoms with Crippen molar-refractivity contribution in [2.75, 3.05) is 6.61 Å². The van der Waals surface area contributed by atoms with Gasteiger partial charge in [0.05, 0.1) is 12.7 Å². The van der Waals surface area contributed by atoms with E-state index in [4.69, 9.17) is 4.74 Å². The molecule has 100 valence electrons. The molecule has 0 heterocycles. The zero-order chi connectivity index (χ0) is 14.2. The molecule has 0 aliphatic carbocycles. The molecule has 0 bridgehead atoms. The molecule has 0 radical (unpaired) electrons. The smallest absolute Gasteiger partial charge is 0.327 e. The lowest BCUT2D eigenvalue weighted by atomic mass is 9.81. The van der Waals surface area contributed by atoms with E-state index in [-0.39, 0.29) is 0 Å². The molecule has 0 aliphatic heterocycles. The Balaban J connectivity index is 5.20. The van der Waals surface area contributed by atoms with Crippen molar-refractivity contribution in [3.05, 3.63) is 23.3 Å². The van der Waals surface area contributed by atoms with Gasteiger partial charge < -0.3 is 4.74 Å². The summed E-state index contributed by atoms with van der Waals surface area (Å²) in [5.41, 5.74) is 1.09. The summed E-state index contributed by atoms with van der Waals surface area (Å²) in [5.74, 6) is -0.428. The minimum atomic E-state index is -1.09. The molecule has 0 aliphatic rings. The molecule has 0 N–H and O–H groups in total. The highest BCUT2D eigenvalue weighted by molar-refractivity contribution is 5.80. The molecule has 0 amide bonds. The average molecular weight is 249 g/mol. The predicted octanol–water partition coefficient (Wildman–Crippen LogP) is 3.77. The molecule has 0 unspecified atom stereocenters. The number of hydrogen-bond donors (Lipinski definition) is 0. The van der Waals surface area contributed by atoms with Gasteiger partial charge in [0.2, 0.25) is 0 Å². The Morgan fingerprint density at radius 3 is 1.89 bits per heavy atom. The maximum Gasteiger partial charge on any atom is 0.327 e. The van der Waals surface area contributed by atoms with Crippen molar-refractivity contribution in [3.63, 3.8) is 0 Å². The normalized spacial score (nSPS) is 10.2. The zero-order valence-electron chi connectivity index (χ0n) is 12.0. The standard InChI is InChI=1S/C15H23NO2/c1-6-18-14(17)15(11-16,9-7-12(2)3)10-8-13(4)5/h7-8H,6,9-10H2,1-5H3. The average Bonchev–Trinajstić information content (AvgIpc) is 2.29. The van der Waals surface area contributed by atoms with Crippen molar-refractivity contribution >= 4 is 5.97 Å². The van der Waals surface area contributed by atoms with Gasteiger partial charge in [-0.3, -0.25) is 4.79 Å². The Kier molecular flexibility index (Phi) is 7.04. The van der Waals surface area contributed by atoms with Crippen LogP contribution in [0.1, 0.15) is 47.5 Å². The first-order chi connectivity index (χ1) is 8.38. The van der Waals surface area contributed by atoms with Crippen LogP contribution in [0.2, 0.25) is 0 Å². The van der Waals surface area contributed by atoms with Gasteiger partial charge in [0.25, 0.3) is 0 Å². The number of carbonyl (C=O) groups is 1. The van der Waals surface area contributed by atoms with E-state index in [1.54, 1.807) is 6.92 Å². The van der Waals surface area contributed by atoms with E-state index < -0.39 is 11.4 Å². The number of nitriles is 1. The van der Waals surface area contributed by atoms with Crippen molar-refractivity contribution < 1.29 is 9.53 Å². The lowest BCUT2D eigenvalue weighted by Crippen LogP contribution is -2.31. The van der Waals surface area contributed by atoms with Crippen LogP contribution in [0.25, 0.3) is 0 Å². The molecule has 0 fully saturated rings. The summed E-state index contributed by atoms with van der Waals surface area (Å²) in [5, 5.41) is 9.39. The first-order valence-corrected chi connectivity index (χ1v) is 6.23. The Morgan fingerprint density at radius 1 is 1.17 bits per heavy atom. The van der Waals surface area contributed by atoms with Crippen LogP contribution in [0, 0.1) is 16.7 Å². The highest BCUT2D eigenvalue weighted by atomic mass is 16.5. The highest BCUT2D eigenvalue weighted by Crippen LogP contribution is 2.30. The van der Waals surface area contributed by atoms with Gasteiger partial charge in [-0.15, -0.1) is 0 Å². The van der Waals surface area contributed by atoms with Crippen LogP contribution in [0.3, 0.4) is 0 Å². The molecule has 18 heavy (non-hydrogen) atoms. The molecule has 0 aromatic heterocycles. The van der Waals surface area contributed by atoms with E-state index in [1.807, 2.05) is 39.8 Å². The summed E-state index contributed by atoms with van der Waals surface area (Å²) in [7, 11) is 0. The second kappa shape index (κ2) is 7.71. The fourth-order valence-electron chi connectivity index (χ4n) is 1.41. The molecule has 0 aromatic rings. The Morgan fingerprint density at radius 2 is 1.61 bits per heavy atom. The molecule has 0 saturated heterocycles. The summed E-state index contributed by atoms with van der Waals surface area (Å²) in [6.45, 7) is 9.86. The molecular formula is C15H23NO2. The summed E-state index contributed by atoms with van der Waals surface area (Å²) in [6.07, 6.45) is 4.63. The molecule has 3 heteroatoms. The van der Waals surface area contributed by atoms with Gasteiger partial charge in [-0.1, -0.05) is 23.3 Å². The lowest BCUT2D eigenvalue weighted by Gasteiger charge is -2.22. The minimum Gasteiger partial charge on any atom is -0.465 e. The van der Waals surface area contributed by atoms with Crippen LogP contribution < -0.4 is 0 Å². The third kappa shape index (κ3) is 5.18. The van der Waals surface area contributed by atoms with E-state index in [2.05, 4.69) is 6.07 Å². The maximum atomic E-state index is 12.0. The summed E-state index contributed by atoms with van der Waals surface area (Å²) < 4.78 is 5.04. The number of allylic oxidation sites excluding steroid dienone is 4. The molecule has 0 spiro atoms. The van der Waals surface area contributed by atoms with Crippen LogP contribution in [0.15, 0.2) is 23.3 Å². The molecule has 3 nitrogen and oxygen atoms in total. The van der Waals surface area contributed by atoms with Crippen molar-refractivity contribution in [2.45, 2.75) is 47.5 Å². The van der Waals surface area contributed by atoms with Crippen molar-refractivity contribution in [3.8, 4) is 6.07 Å². The van der Waals surface area contributed by atoms with Crippen molar-refractivity contribution in [2.24, 2.45) is 5.41 Å². The van der Waals surface area contributed by atoms with Gasteiger partial charge in [-0.05, 0) is 47.5 Å². The second-order valence-electron chi connectivity index (χ2n) is 4.89. The fourth-order valence-corrected chi connectivity index (χ4v) is 1.41. The van der Waals surface area contributed by atoms with Gasteiger partial charge in [-0.25, -0.2) is 0 Å². The number of hydrogen-bond acceptors (Lipinski definition) is 3. The number of carbonyl (C=O) groups excluding carboxylic acids is 1. The van der Waals surface area contributed by atoms with E-state index in [9.17, 15) is 10.1 Å². The predicted molar refractivity (Wildman–Crippen MR) is 72.8 cm³/mol. The molecule has 0 aromatic carbocycles. The number of ether oxygens (including phenoxy) is 1. The Bertz CT molecular complexity index is 358. The van der Waals surface area contributed by atoms with E-state index in [0.717, 1.165) is 11.1 Å². The third-order valence-electron chi connectivity index (χ3n) is 2.60. The highest BCUT2D eigenvalue weighted by Gasteiger charge is 2.38. The minimum absolute atomic E-state index is 0.298. The van der Waals surface area contributed by atoms with Crippen LogP contribution >= 0.6 is 0 Å². The van der Waals surface area contributed by atoms with Crippen LogP contribution in [-0.2, 0) is 9.53 Å². The number of nitrogens with zero attached hydrogens (tertiary/aromatic N) is 1. The second-order valence-corrected chi connectivity index (χ2v) is 4.89. The fraction of sp³-hybridized carbons (Fsp3) is 0.600. The lowest BCUT2D eigenvalue weighted by molar-refractivity contribution is -0.151. The van der Waals surface area contributed by atoms with Crippen LogP contribution in [-0.4, -0.2) is 12.6 Å². The van der Waals surface area contributed by atoms with Crippen molar-refractivity contribution in [1.29, 1.82) is 5.26 Å². The van der Waals surface area contributed by atoms with E-state index in [1.165, 1.54) is 0 Å². The summed E-state index contributed by atoms with van der Waals surface area (Å²) >= 11 is 0. The Hall–Kier alpha value is -1.56. The first-order valence-electron chi connectivity index (χ1n) is 6.23. The SMILES string of the molecule is CCOC(=O)C(C#N)(CC=C(C)C)CC=C(C)C. The van der Waals surface area contributed by atoms with E-state index in [0.29, 0.717) is 19.4 Å². The topological polar surface area (TPSA) is 50.1 Å². The molecule has 0 rings (SSSR count). The number of esters is 1. The largest absolute Gasteiger partial charge is 0.465 e.